The molecule has 1 aromatic heterocycles. The third kappa shape index (κ3) is 4.82. The summed E-state index contributed by atoms with van der Waals surface area (Å²) in [5, 5.41) is 2.97. The average Bonchev–Trinajstić information content (AvgIpc) is 3.16. The Hall–Kier alpha value is -2.40. The van der Waals surface area contributed by atoms with Gasteiger partial charge in [-0.1, -0.05) is 12.1 Å². The van der Waals surface area contributed by atoms with Crippen molar-refractivity contribution in [2.45, 2.75) is 25.7 Å². The van der Waals surface area contributed by atoms with E-state index in [1.54, 1.807) is 18.3 Å². The summed E-state index contributed by atoms with van der Waals surface area (Å²) in [7, 11) is 3.77. The monoisotopic (exact) mass is 352 g/mol. The predicted molar refractivity (Wildman–Crippen MR) is 107 cm³/mol. The second kappa shape index (κ2) is 8.81. The smallest absolute Gasteiger partial charge is 0.259 e. The molecule has 0 saturated carbocycles. The van der Waals surface area contributed by atoms with Crippen molar-refractivity contribution < 1.29 is 4.79 Å². The van der Waals surface area contributed by atoms with Crippen LogP contribution in [0, 0.1) is 0 Å². The zero-order chi connectivity index (χ0) is 18.4. The first-order valence-electron chi connectivity index (χ1n) is 9.38. The van der Waals surface area contributed by atoms with Gasteiger partial charge in [-0.2, -0.15) is 0 Å². The Kier molecular flexibility index (Phi) is 6.23. The first-order valence-corrected chi connectivity index (χ1v) is 9.38. The maximum absolute atomic E-state index is 12.6. The number of amides is 1. The van der Waals surface area contributed by atoms with Crippen LogP contribution in [0.3, 0.4) is 0 Å². The molecule has 138 valence electrons. The number of anilines is 2. The normalized spacial score (nSPS) is 14.4. The molecule has 26 heavy (non-hydrogen) atoms. The van der Waals surface area contributed by atoms with Gasteiger partial charge in [-0.25, -0.2) is 4.98 Å². The molecule has 2 heterocycles. The van der Waals surface area contributed by atoms with Crippen LogP contribution in [0.5, 0.6) is 0 Å². The van der Waals surface area contributed by atoms with Gasteiger partial charge in [0.15, 0.2) is 0 Å². The van der Waals surface area contributed by atoms with Crippen LogP contribution in [0.4, 0.5) is 11.5 Å². The second-order valence-electron chi connectivity index (χ2n) is 7.07. The summed E-state index contributed by atoms with van der Waals surface area (Å²) >= 11 is 0. The summed E-state index contributed by atoms with van der Waals surface area (Å²) in [6.45, 7) is 3.70. The molecule has 1 aliphatic rings. The Morgan fingerprint density at radius 2 is 1.88 bits per heavy atom. The van der Waals surface area contributed by atoms with E-state index in [1.165, 1.54) is 44.5 Å². The molecule has 3 rings (SSSR count). The molecular formula is C21H28N4O. The van der Waals surface area contributed by atoms with Crippen molar-refractivity contribution in [3.63, 3.8) is 0 Å². The zero-order valence-electron chi connectivity index (χ0n) is 15.7. The Morgan fingerprint density at radius 3 is 2.58 bits per heavy atom. The fourth-order valence-electron chi connectivity index (χ4n) is 3.40. The lowest BCUT2D eigenvalue weighted by Crippen LogP contribution is -2.20. The lowest BCUT2D eigenvalue weighted by molar-refractivity contribution is 0.102. The van der Waals surface area contributed by atoms with Crippen LogP contribution in [0.15, 0.2) is 42.6 Å². The lowest BCUT2D eigenvalue weighted by Gasteiger charge is -2.15. The molecule has 0 bridgehead atoms. The quantitative estimate of drug-likeness (QED) is 0.829. The van der Waals surface area contributed by atoms with Crippen molar-refractivity contribution in [1.82, 2.24) is 9.88 Å². The molecule has 1 aromatic carbocycles. The lowest BCUT2D eigenvalue weighted by atomic mass is 10.1. The van der Waals surface area contributed by atoms with Crippen LogP contribution in [-0.2, 0) is 6.42 Å². The molecule has 0 aliphatic carbocycles. The molecule has 2 aromatic rings. The molecule has 0 unspecified atom stereocenters. The van der Waals surface area contributed by atoms with E-state index in [0.717, 1.165) is 12.1 Å². The fraction of sp³-hybridized carbons (Fsp3) is 0.429. The second-order valence-corrected chi connectivity index (χ2v) is 7.07. The highest BCUT2D eigenvalue weighted by Crippen LogP contribution is 2.18. The van der Waals surface area contributed by atoms with E-state index < -0.39 is 0 Å². The van der Waals surface area contributed by atoms with Crippen molar-refractivity contribution in [3.05, 3.63) is 53.7 Å². The number of nitrogens with zero attached hydrogens (tertiary/aromatic N) is 3. The van der Waals surface area contributed by atoms with Gasteiger partial charge in [0.25, 0.3) is 5.91 Å². The van der Waals surface area contributed by atoms with Crippen molar-refractivity contribution in [2.75, 3.05) is 43.9 Å². The Bertz CT molecular complexity index is 721. The van der Waals surface area contributed by atoms with E-state index in [0.29, 0.717) is 11.4 Å². The number of carbonyl (C=O) groups excluding carboxylic acids is 1. The maximum Gasteiger partial charge on any atom is 0.259 e. The van der Waals surface area contributed by atoms with E-state index in [2.05, 4.69) is 27.3 Å². The summed E-state index contributed by atoms with van der Waals surface area (Å²) in [4.78, 5) is 21.2. The molecule has 1 saturated heterocycles. The summed E-state index contributed by atoms with van der Waals surface area (Å²) in [6, 6.07) is 11.8. The van der Waals surface area contributed by atoms with Crippen molar-refractivity contribution in [3.8, 4) is 0 Å². The van der Waals surface area contributed by atoms with Gasteiger partial charge in [0.1, 0.15) is 5.82 Å². The minimum absolute atomic E-state index is 0.136. The van der Waals surface area contributed by atoms with Gasteiger partial charge in [0, 0.05) is 26.0 Å². The van der Waals surface area contributed by atoms with Crippen LogP contribution in [0.2, 0.25) is 0 Å². The molecule has 1 amide bonds. The molecule has 0 atom stereocenters. The number of aromatic nitrogens is 1. The Morgan fingerprint density at radius 1 is 1.15 bits per heavy atom. The molecule has 0 spiro atoms. The fourth-order valence-corrected chi connectivity index (χ4v) is 3.40. The topological polar surface area (TPSA) is 48.5 Å². The highest BCUT2D eigenvalue weighted by molar-refractivity contribution is 6.07. The SMILES string of the molecule is CN(C)c1ncccc1C(=O)Nc1ccc(CCCN2CCCC2)cc1. The van der Waals surface area contributed by atoms with Crippen LogP contribution >= 0.6 is 0 Å². The summed E-state index contributed by atoms with van der Waals surface area (Å²) in [5.41, 5.74) is 2.71. The third-order valence-electron chi connectivity index (χ3n) is 4.81. The maximum atomic E-state index is 12.6. The Balaban J connectivity index is 1.54. The number of nitrogens with one attached hydrogen (secondary N) is 1. The van der Waals surface area contributed by atoms with Crippen LogP contribution in [-0.4, -0.2) is 49.5 Å². The number of hydrogen-bond donors (Lipinski definition) is 1. The van der Waals surface area contributed by atoms with Gasteiger partial charge in [-0.3, -0.25) is 4.79 Å². The molecule has 1 fully saturated rings. The predicted octanol–water partition coefficient (Wildman–Crippen LogP) is 3.43. The molecular weight excluding hydrogens is 324 g/mol. The van der Waals surface area contributed by atoms with Gasteiger partial charge >= 0.3 is 0 Å². The Labute approximate surface area is 156 Å². The minimum atomic E-state index is -0.136. The molecule has 1 N–H and O–H groups in total. The number of benzene rings is 1. The number of carbonyl (C=O) groups is 1. The third-order valence-corrected chi connectivity index (χ3v) is 4.81. The van der Waals surface area contributed by atoms with E-state index in [9.17, 15) is 4.79 Å². The summed E-state index contributed by atoms with van der Waals surface area (Å²) < 4.78 is 0. The summed E-state index contributed by atoms with van der Waals surface area (Å²) in [6.07, 6.45) is 6.66. The van der Waals surface area contributed by atoms with Crippen LogP contribution < -0.4 is 10.2 Å². The van der Waals surface area contributed by atoms with E-state index in [1.807, 2.05) is 31.1 Å². The van der Waals surface area contributed by atoms with Gasteiger partial charge < -0.3 is 15.1 Å². The highest BCUT2D eigenvalue weighted by atomic mass is 16.1. The van der Waals surface area contributed by atoms with Gasteiger partial charge in [-0.15, -0.1) is 0 Å². The number of aryl methyl sites for hydroxylation is 1. The molecule has 5 nitrogen and oxygen atoms in total. The van der Waals surface area contributed by atoms with Gasteiger partial charge in [0.2, 0.25) is 0 Å². The van der Waals surface area contributed by atoms with Crippen molar-refractivity contribution in [1.29, 1.82) is 0 Å². The minimum Gasteiger partial charge on any atom is -0.362 e. The number of rotatable bonds is 7. The summed E-state index contributed by atoms with van der Waals surface area (Å²) in [5.74, 6) is 0.534. The van der Waals surface area contributed by atoms with Crippen LogP contribution in [0.25, 0.3) is 0 Å². The standard InChI is InChI=1S/C21H28N4O/c1-24(2)20-19(8-5-13-22-20)21(26)23-18-11-9-17(10-12-18)7-6-16-25-14-3-4-15-25/h5,8-13H,3-4,6-7,14-16H2,1-2H3,(H,23,26). The zero-order valence-corrected chi connectivity index (χ0v) is 15.7. The van der Waals surface area contributed by atoms with Gasteiger partial charge in [0.05, 0.1) is 5.56 Å². The van der Waals surface area contributed by atoms with E-state index >= 15 is 0 Å². The van der Waals surface area contributed by atoms with Crippen molar-refractivity contribution in [2.24, 2.45) is 0 Å². The van der Waals surface area contributed by atoms with Gasteiger partial charge in [-0.05, 0) is 75.1 Å². The number of likely N-dealkylation sites (tertiary alicyclic amines) is 1. The molecule has 5 heteroatoms. The largest absolute Gasteiger partial charge is 0.362 e. The number of hydrogen-bond acceptors (Lipinski definition) is 4. The van der Waals surface area contributed by atoms with E-state index in [-0.39, 0.29) is 5.91 Å². The molecule has 1 aliphatic heterocycles. The average molecular weight is 352 g/mol. The highest BCUT2D eigenvalue weighted by Gasteiger charge is 2.14. The molecule has 0 radical (unpaired) electrons. The van der Waals surface area contributed by atoms with Crippen LogP contribution in [0.1, 0.15) is 35.2 Å². The first-order chi connectivity index (χ1) is 12.6. The first kappa shape index (κ1) is 18.4. The van der Waals surface area contributed by atoms with Crippen molar-refractivity contribution >= 4 is 17.4 Å². The number of pyridine rings is 1. The van der Waals surface area contributed by atoms with E-state index in [4.69, 9.17) is 0 Å².